The van der Waals surface area contributed by atoms with Gasteiger partial charge in [0.2, 0.25) is 11.7 Å². The van der Waals surface area contributed by atoms with E-state index in [1.807, 2.05) is 0 Å². The van der Waals surface area contributed by atoms with Crippen molar-refractivity contribution in [2.45, 2.75) is 25.7 Å². The Kier molecular flexibility index (Phi) is 3.48. The maximum atomic E-state index is 12.5. The molecule has 3 rings (SSSR count). The molecule has 1 aliphatic rings. The molecule has 0 radical (unpaired) electrons. The molecular formula is C17H17NO4. The Labute approximate surface area is 127 Å². The average Bonchev–Trinajstić information content (AvgIpc) is 2.86. The van der Waals surface area contributed by atoms with E-state index in [0.29, 0.717) is 23.1 Å². The van der Waals surface area contributed by atoms with Gasteiger partial charge in [-0.1, -0.05) is 12.5 Å². The predicted octanol–water partition coefficient (Wildman–Crippen LogP) is 3.82. The van der Waals surface area contributed by atoms with E-state index in [1.165, 1.54) is 6.07 Å². The number of aromatic carboxylic acids is 1. The van der Waals surface area contributed by atoms with Crippen molar-refractivity contribution < 1.29 is 19.1 Å². The van der Waals surface area contributed by atoms with E-state index in [0.717, 1.165) is 19.3 Å². The molecule has 1 aliphatic carbocycles. The monoisotopic (exact) mass is 299 g/mol. The van der Waals surface area contributed by atoms with Crippen LogP contribution in [0.2, 0.25) is 0 Å². The van der Waals surface area contributed by atoms with Crippen molar-refractivity contribution in [1.29, 1.82) is 0 Å². The number of benzene rings is 1. The maximum Gasteiger partial charge on any atom is 0.371 e. The highest BCUT2D eigenvalue weighted by Gasteiger charge is 2.42. The second-order valence-corrected chi connectivity index (χ2v) is 5.75. The largest absolute Gasteiger partial charge is 0.475 e. The Balaban J connectivity index is 1.83. The molecule has 0 aliphatic heterocycles. The van der Waals surface area contributed by atoms with Gasteiger partial charge in [-0.3, -0.25) is 4.79 Å². The van der Waals surface area contributed by atoms with Gasteiger partial charge in [-0.05, 0) is 43.5 Å². The molecule has 0 atom stereocenters. The van der Waals surface area contributed by atoms with Gasteiger partial charge in [0.25, 0.3) is 0 Å². The van der Waals surface area contributed by atoms with E-state index in [4.69, 9.17) is 9.52 Å². The second-order valence-electron chi connectivity index (χ2n) is 5.75. The summed E-state index contributed by atoms with van der Waals surface area (Å²) in [5.41, 5.74) is 0.796. The standard InChI is InChI=1S/C17H17NO4/c1-2-6-17(7-3-8-17)16(21)18-12-4-5-13-11(9-12)10-14(22-13)15(19)20/h2,4-5,9-10H,1,3,6-8H2,(H,18,21)(H,19,20). The predicted molar refractivity (Wildman–Crippen MR) is 82.9 cm³/mol. The number of carboxylic acid groups (broad SMARTS) is 1. The molecule has 1 saturated carbocycles. The molecule has 5 heteroatoms. The summed E-state index contributed by atoms with van der Waals surface area (Å²) in [4.78, 5) is 23.4. The summed E-state index contributed by atoms with van der Waals surface area (Å²) in [5.74, 6) is -1.22. The summed E-state index contributed by atoms with van der Waals surface area (Å²) in [6, 6.07) is 6.56. The fourth-order valence-corrected chi connectivity index (χ4v) is 2.89. The van der Waals surface area contributed by atoms with E-state index in [9.17, 15) is 9.59 Å². The molecular weight excluding hydrogens is 282 g/mol. The molecule has 1 heterocycles. The molecule has 1 fully saturated rings. The van der Waals surface area contributed by atoms with Gasteiger partial charge in [-0.2, -0.15) is 0 Å². The number of amides is 1. The van der Waals surface area contributed by atoms with E-state index < -0.39 is 5.97 Å². The van der Waals surface area contributed by atoms with Gasteiger partial charge >= 0.3 is 5.97 Å². The van der Waals surface area contributed by atoms with Crippen LogP contribution in [0.25, 0.3) is 11.0 Å². The minimum Gasteiger partial charge on any atom is -0.475 e. The first kappa shape index (κ1) is 14.4. The molecule has 22 heavy (non-hydrogen) atoms. The number of nitrogens with one attached hydrogen (secondary N) is 1. The topological polar surface area (TPSA) is 79.5 Å². The molecule has 1 amide bonds. The van der Waals surface area contributed by atoms with Crippen molar-refractivity contribution in [1.82, 2.24) is 0 Å². The Hall–Kier alpha value is -2.56. The van der Waals surface area contributed by atoms with Gasteiger partial charge < -0.3 is 14.8 Å². The maximum absolute atomic E-state index is 12.5. The van der Waals surface area contributed by atoms with Crippen LogP contribution in [0.4, 0.5) is 5.69 Å². The van der Waals surface area contributed by atoms with Crippen molar-refractivity contribution in [2.75, 3.05) is 5.32 Å². The van der Waals surface area contributed by atoms with Crippen LogP contribution in [0.5, 0.6) is 0 Å². The SMILES string of the molecule is C=CCC1(C(=O)Nc2ccc3oc(C(=O)O)cc3c2)CCC1. The zero-order chi connectivity index (χ0) is 15.7. The second kappa shape index (κ2) is 5.33. The van der Waals surface area contributed by atoms with Crippen molar-refractivity contribution in [2.24, 2.45) is 5.41 Å². The summed E-state index contributed by atoms with van der Waals surface area (Å²) in [6.07, 6.45) is 5.28. The third-order valence-electron chi connectivity index (χ3n) is 4.31. The number of hydrogen-bond acceptors (Lipinski definition) is 3. The van der Waals surface area contributed by atoms with E-state index >= 15 is 0 Å². The van der Waals surface area contributed by atoms with E-state index in [1.54, 1.807) is 24.3 Å². The number of fused-ring (bicyclic) bond motifs is 1. The third kappa shape index (κ3) is 2.39. The molecule has 0 saturated heterocycles. The molecule has 0 spiro atoms. The fourth-order valence-electron chi connectivity index (χ4n) is 2.89. The van der Waals surface area contributed by atoms with Crippen LogP contribution >= 0.6 is 0 Å². The van der Waals surface area contributed by atoms with Crippen LogP contribution < -0.4 is 5.32 Å². The first-order chi connectivity index (χ1) is 10.5. The zero-order valence-corrected chi connectivity index (χ0v) is 12.1. The smallest absolute Gasteiger partial charge is 0.371 e. The van der Waals surface area contributed by atoms with Crippen LogP contribution in [0, 0.1) is 5.41 Å². The highest BCUT2D eigenvalue weighted by atomic mass is 16.4. The van der Waals surface area contributed by atoms with Gasteiger partial charge in [0, 0.05) is 11.1 Å². The summed E-state index contributed by atoms with van der Waals surface area (Å²) in [6.45, 7) is 3.73. The van der Waals surface area contributed by atoms with Gasteiger partial charge in [0.05, 0.1) is 5.41 Å². The van der Waals surface area contributed by atoms with Gasteiger partial charge in [-0.15, -0.1) is 6.58 Å². The Morgan fingerprint density at radius 2 is 2.14 bits per heavy atom. The van der Waals surface area contributed by atoms with Crippen molar-refractivity contribution in [3.8, 4) is 0 Å². The highest BCUT2D eigenvalue weighted by molar-refractivity contribution is 5.98. The van der Waals surface area contributed by atoms with E-state index in [-0.39, 0.29) is 17.1 Å². The number of allylic oxidation sites excluding steroid dienone is 1. The Morgan fingerprint density at radius 1 is 1.36 bits per heavy atom. The van der Waals surface area contributed by atoms with Gasteiger partial charge in [0.15, 0.2) is 0 Å². The van der Waals surface area contributed by atoms with Gasteiger partial charge in [-0.25, -0.2) is 4.79 Å². The number of carbonyl (C=O) groups excluding carboxylic acids is 1. The van der Waals surface area contributed by atoms with Crippen molar-refractivity contribution in [3.63, 3.8) is 0 Å². The molecule has 0 unspecified atom stereocenters. The number of carbonyl (C=O) groups is 2. The normalized spacial score (nSPS) is 16.0. The average molecular weight is 299 g/mol. The lowest BCUT2D eigenvalue weighted by Gasteiger charge is -2.39. The zero-order valence-electron chi connectivity index (χ0n) is 12.1. The fraction of sp³-hybridized carbons (Fsp3) is 0.294. The molecule has 1 aromatic heterocycles. The summed E-state index contributed by atoms with van der Waals surface area (Å²) in [5, 5.41) is 12.5. The lowest BCUT2D eigenvalue weighted by atomic mass is 9.66. The number of furan rings is 1. The number of carboxylic acids is 1. The lowest BCUT2D eigenvalue weighted by Crippen LogP contribution is -2.41. The molecule has 2 N–H and O–H groups in total. The minimum absolute atomic E-state index is 0.0000436. The van der Waals surface area contributed by atoms with Crippen molar-refractivity contribution >= 4 is 28.5 Å². The summed E-state index contributed by atoms with van der Waals surface area (Å²) < 4.78 is 5.20. The van der Waals surface area contributed by atoms with Crippen LogP contribution in [-0.2, 0) is 4.79 Å². The van der Waals surface area contributed by atoms with Gasteiger partial charge in [0.1, 0.15) is 5.58 Å². The molecule has 1 aromatic carbocycles. The molecule has 114 valence electrons. The van der Waals surface area contributed by atoms with Crippen LogP contribution in [-0.4, -0.2) is 17.0 Å². The van der Waals surface area contributed by atoms with Crippen molar-refractivity contribution in [3.05, 3.63) is 42.7 Å². The molecule has 2 aromatic rings. The Morgan fingerprint density at radius 3 is 2.73 bits per heavy atom. The van der Waals surface area contributed by atoms with Crippen LogP contribution in [0.3, 0.4) is 0 Å². The highest BCUT2D eigenvalue weighted by Crippen LogP contribution is 2.45. The summed E-state index contributed by atoms with van der Waals surface area (Å²) in [7, 11) is 0. The molecule has 0 bridgehead atoms. The minimum atomic E-state index is -1.11. The number of rotatable bonds is 5. The number of hydrogen-bond donors (Lipinski definition) is 2. The quantitative estimate of drug-likeness (QED) is 0.823. The van der Waals surface area contributed by atoms with Crippen LogP contribution in [0.15, 0.2) is 41.3 Å². The Bertz CT molecular complexity index is 755. The number of anilines is 1. The van der Waals surface area contributed by atoms with Crippen LogP contribution in [0.1, 0.15) is 36.2 Å². The lowest BCUT2D eigenvalue weighted by molar-refractivity contribution is -0.130. The van der Waals surface area contributed by atoms with E-state index in [2.05, 4.69) is 11.9 Å². The third-order valence-corrected chi connectivity index (χ3v) is 4.31. The molecule has 5 nitrogen and oxygen atoms in total. The summed E-state index contributed by atoms with van der Waals surface area (Å²) >= 11 is 0. The first-order valence-corrected chi connectivity index (χ1v) is 7.23. The first-order valence-electron chi connectivity index (χ1n) is 7.23.